The first kappa shape index (κ1) is 24.1. The van der Waals surface area contributed by atoms with E-state index in [0.29, 0.717) is 22.6 Å². The van der Waals surface area contributed by atoms with Crippen LogP contribution < -0.4 is 4.74 Å². The van der Waals surface area contributed by atoms with Gasteiger partial charge in [-0.3, -0.25) is 9.48 Å². The highest BCUT2D eigenvalue weighted by Crippen LogP contribution is 2.32. The molecule has 0 amide bonds. The zero-order valence-corrected chi connectivity index (χ0v) is 19.4. The molecule has 0 spiro atoms. The smallest absolute Gasteiger partial charge is 0.280 e. The Hall–Kier alpha value is -3.51. The fourth-order valence-electron chi connectivity index (χ4n) is 3.18. The molecule has 170 valence electrons. The van der Waals surface area contributed by atoms with Crippen molar-refractivity contribution in [2.75, 3.05) is 7.11 Å². The molecule has 3 rings (SSSR count). The summed E-state index contributed by atoms with van der Waals surface area (Å²) in [7, 11) is 3.31. The van der Waals surface area contributed by atoms with Crippen LogP contribution in [0, 0.1) is 25.2 Å². The third-order valence-electron chi connectivity index (χ3n) is 5.14. The number of ketones is 1. The van der Waals surface area contributed by atoms with Crippen LogP contribution in [0.15, 0.2) is 41.6 Å². The van der Waals surface area contributed by atoms with Crippen molar-refractivity contribution < 1.29 is 18.3 Å². The highest BCUT2D eigenvalue weighted by molar-refractivity contribution is 7.98. The number of nitriles is 1. The van der Waals surface area contributed by atoms with Gasteiger partial charge >= 0.3 is 0 Å². The molecule has 3 aromatic rings. The van der Waals surface area contributed by atoms with Gasteiger partial charge < -0.3 is 4.74 Å². The minimum Gasteiger partial charge on any atom is -0.496 e. The van der Waals surface area contributed by atoms with E-state index in [-0.39, 0.29) is 22.1 Å². The molecule has 9 heteroatoms. The van der Waals surface area contributed by atoms with Crippen molar-refractivity contribution >= 4 is 23.6 Å². The Labute approximate surface area is 194 Å². The standard InChI is InChI=1S/C24H22F2N4O2S/c1-14-9-20(23(25)26)29-24(18(14)11-27)33-13-17-10-16(6-8-22(17)32-4)5-7-21(31)19-12-28-30(3)15(19)2/h5-10,12,23H,13H2,1-4H3/b7-5+. The number of rotatable bonds is 8. The number of halogens is 2. The lowest BCUT2D eigenvalue weighted by Crippen LogP contribution is -1.99. The van der Waals surface area contributed by atoms with Gasteiger partial charge in [-0.2, -0.15) is 10.4 Å². The summed E-state index contributed by atoms with van der Waals surface area (Å²) < 4.78 is 33.4. The molecule has 0 aliphatic heterocycles. The quantitative estimate of drug-likeness (QED) is 0.249. The number of aryl methyl sites for hydroxylation is 2. The molecule has 33 heavy (non-hydrogen) atoms. The summed E-state index contributed by atoms with van der Waals surface area (Å²) in [5, 5.41) is 13.8. The fraction of sp³-hybridized carbons (Fsp3) is 0.250. The first-order chi connectivity index (χ1) is 15.7. The lowest BCUT2D eigenvalue weighted by atomic mass is 10.1. The van der Waals surface area contributed by atoms with Crippen LogP contribution in [0.3, 0.4) is 0 Å². The maximum Gasteiger partial charge on any atom is 0.280 e. The molecule has 0 aliphatic rings. The van der Waals surface area contributed by atoms with Crippen molar-refractivity contribution in [3.05, 3.63) is 75.7 Å². The SMILES string of the molecule is COc1ccc(/C=C/C(=O)c2cnn(C)c2C)cc1CSc1nc(C(F)F)cc(C)c1C#N. The number of ether oxygens (including phenoxy) is 1. The number of carbonyl (C=O) groups is 1. The van der Waals surface area contributed by atoms with Gasteiger partial charge in [0.05, 0.1) is 24.4 Å². The molecule has 2 heterocycles. The molecule has 6 nitrogen and oxygen atoms in total. The maximum absolute atomic E-state index is 13.2. The minimum atomic E-state index is -2.72. The molecular weight excluding hydrogens is 446 g/mol. The average Bonchev–Trinajstić information content (AvgIpc) is 3.13. The number of nitrogens with zero attached hydrogens (tertiary/aromatic N) is 4. The molecule has 0 N–H and O–H groups in total. The van der Waals surface area contributed by atoms with E-state index in [2.05, 4.69) is 10.1 Å². The molecule has 0 radical (unpaired) electrons. The van der Waals surface area contributed by atoms with E-state index >= 15 is 0 Å². The van der Waals surface area contributed by atoms with E-state index in [4.69, 9.17) is 4.74 Å². The summed E-state index contributed by atoms with van der Waals surface area (Å²) in [4.78, 5) is 16.5. The molecule has 0 aliphatic carbocycles. The lowest BCUT2D eigenvalue weighted by molar-refractivity contribution is 0.104. The highest BCUT2D eigenvalue weighted by Gasteiger charge is 2.17. The molecule has 0 bridgehead atoms. The lowest BCUT2D eigenvalue weighted by Gasteiger charge is -2.12. The minimum absolute atomic E-state index is 0.158. The molecule has 0 saturated heterocycles. The van der Waals surface area contributed by atoms with Gasteiger partial charge in [0.1, 0.15) is 22.5 Å². The number of alkyl halides is 2. The van der Waals surface area contributed by atoms with Gasteiger partial charge in [0.2, 0.25) is 0 Å². The second kappa shape index (κ2) is 10.4. The van der Waals surface area contributed by atoms with Crippen molar-refractivity contribution in [1.82, 2.24) is 14.8 Å². The van der Waals surface area contributed by atoms with Crippen molar-refractivity contribution in [3.8, 4) is 11.8 Å². The Bertz CT molecular complexity index is 1260. The van der Waals surface area contributed by atoms with Gasteiger partial charge in [-0.25, -0.2) is 13.8 Å². The van der Waals surface area contributed by atoms with Crippen LogP contribution in [-0.2, 0) is 12.8 Å². The Morgan fingerprint density at radius 3 is 2.70 bits per heavy atom. The zero-order chi connectivity index (χ0) is 24.1. The number of hydrogen-bond donors (Lipinski definition) is 0. The predicted molar refractivity (Wildman–Crippen MR) is 123 cm³/mol. The molecule has 0 unspecified atom stereocenters. The first-order valence-electron chi connectivity index (χ1n) is 9.95. The van der Waals surface area contributed by atoms with E-state index in [1.54, 1.807) is 30.8 Å². The number of allylic oxidation sites excluding steroid dienone is 1. The van der Waals surface area contributed by atoms with Gasteiger partial charge in [-0.1, -0.05) is 12.1 Å². The van der Waals surface area contributed by atoms with Crippen molar-refractivity contribution in [2.45, 2.75) is 31.1 Å². The third-order valence-corrected chi connectivity index (χ3v) is 6.16. The fourth-order valence-corrected chi connectivity index (χ4v) is 4.22. The second-order valence-electron chi connectivity index (χ2n) is 7.28. The Morgan fingerprint density at radius 2 is 2.09 bits per heavy atom. The normalized spacial score (nSPS) is 11.2. The van der Waals surface area contributed by atoms with E-state index < -0.39 is 6.43 Å². The summed E-state index contributed by atoms with van der Waals surface area (Å²) in [6.45, 7) is 3.44. The van der Waals surface area contributed by atoms with E-state index in [1.807, 2.05) is 25.1 Å². The second-order valence-corrected chi connectivity index (χ2v) is 8.25. The topological polar surface area (TPSA) is 80.8 Å². The Kier molecular flexibility index (Phi) is 7.61. The van der Waals surface area contributed by atoms with Crippen LogP contribution in [0.25, 0.3) is 6.08 Å². The number of aromatic nitrogens is 3. The number of methoxy groups -OCH3 is 1. The molecule has 0 saturated carbocycles. The summed E-state index contributed by atoms with van der Waals surface area (Å²) in [5.74, 6) is 0.790. The van der Waals surface area contributed by atoms with Gasteiger partial charge in [0.25, 0.3) is 6.43 Å². The van der Waals surface area contributed by atoms with Crippen LogP contribution in [0.4, 0.5) is 8.78 Å². The van der Waals surface area contributed by atoms with Crippen molar-refractivity contribution in [1.29, 1.82) is 5.26 Å². The molecular formula is C24H22F2N4O2S. The summed E-state index contributed by atoms with van der Waals surface area (Å²) in [6.07, 6.45) is 1.99. The van der Waals surface area contributed by atoms with Gasteiger partial charge in [0, 0.05) is 24.1 Å². The largest absolute Gasteiger partial charge is 0.496 e. The van der Waals surface area contributed by atoms with Gasteiger partial charge in [-0.15, -0.1) is 11.8 Å². The Morgan fingerprint density at radius 1 is 1.33 bits per heavy atom. The molecule has 1 aromatic carbocycles. The van der Waals surface area contributed by atoms with Crippen LogP contribution in [-0.4, -0.2) is 27.7 Å². The van der Waals surface area contributed by atoms with E-state index in [9.17, 15) is 18.8 Å². The van der Waals surface area contributed by atoms with Crippen LogP contribution in [0.5, 0.6) is 5.75 Å². The highest BCUT2D eigenvalue weighted by atomic mass is 32.2. The number of hydrogen-bond acceptors (Lipinski definition) is 6. The van der Waals surface area contributed by atoms with Crippen molar-refractivity contribution in [3.63, 3.8) is 0 Å². The van der Waals surface area contributed by atoms with Gasteiger partial charge in [0.15, 0.2) is 5.78 Å². The maximum atomic E-state index is 13.2. The summed E-state index contributed by atoms with van der Waals surface area (Å²) in [5.41, 5.74) is 3.23. The molecule has 2 aromatic heterocycles. The molecule has 0 fully saturated rings. The number of benzene rings is 1. The Balaban J connectivity index is 1.85. The molecule has 0 atom stereocenters. The summed E-state index contributed by atoms with van der Waals surface area (Å²) in [6, 6.07) is 8.72. The van der Waals surface area contributed by atoms with E-state index in [0.717, 1.165) is 16.8 Å². The van der Waals surface area contributed by atoms with Crippen molar-refractivity contribution in [2.24, 2.45) is 7.05 Å². The average molecular weight is 469 g/mol. The third kappa shape index (κ3) is 5.46. The van der Waals surface area contributed by atoms with Crippen LogP contribution in [0.2, 0.25) is 0 Å². The van der Waals surface area contributed by atoms with Crippen LogP contribution >= 0.6 is 11.8 Å². The zero-order valence-electron chi connectivity index (χ0n) is 18.6. The summed E-state index contributed by atoms with van der Waals surface area (Å²) >= 11 is 1.19. The number of pyridine rings is 1. The van der Waals surface area contributed by atoms with Crippen LogP contribution in [0.1, 0.15) is 50.4 Å². The van der Waals surface area contributed by atoms with Gasteiger partial charge in [-0.05, 0) is 49.2 Å². The predicted octanol–water partition coefficient (Wildman–Crippen LogP) is 5.44. The van der Waals surface area contributed by atoms with E-state index in [1.165, 1.54) is 37.2 Å². The number of thioether (sulfide) groups is 1. The number of carbonyl (C=O) groups excluding carboxylic acids is 1. The first-order valence-corrected chi connectivity index (χ1v) is 10.9. The monoisotopic (exact) mass is 468 g/mol.